The lowest BCUT2D eigenvalue weighted by Gasteiger charge is -2.29. The summed E-state index contributed by atoms with van der Waals surface area (Å²) in [6.45, 7) is 2.25. The number of hydrogen-bond donors (Lipinski definition) is 0. The Bertz CT molecular complexity index is 559. The lowest BCUT2D eigenvalue weighted by Crippen LogP contribution is -2.14. The van der Waals surface area contributed by atoms with Crippen molar-refractivity contribution in [2.45, 2.75) is 64.2 Å². The van der Waals surface area contributed by atoms with Crippen molar-refractivity contribution < 1.29 is 0 Å². The van der Waals surface area contributed by atoms with Crippen molar-refractivity contribution in [3.05, 3.63) is 71.3 Å². The van der Waals surface area contributed by atoms with Gasteiger partial charge in [0.15, 0.2) is 0 Å². The van der Waals surface area contributed by atoms with Crippen LogP contribution in [-0.4, -0.2) is 0 Å². The van der Waals surface area contributed by atoms with E-state index in [-0.39, 0.29) is 0 Å². The zero-order chi connectivity index (χ0) is 15.9. The average molecular weight is 306 g/mol. The van der Waals surface area contributed by atoms with E-state index in [1.807, 2.05) is 0 Å². The fraction of sp³-hybridized carbons (Fsp3) is 0.478. The molecule has 0 heterocycles. The van der Waals surface area contributed by atoms with Crippen molar-refractivity contribution >= 4 is 0 Å². The first-order valence-corrected chi connectivity index (χ1v) is 9.48. The molecule has 0 nitrogen and oxygen atoms in total. The lowest BCUT2D eigenvalue weighted by molar-refractivity contribution is 0.310. The Balaban J connectivity index is 1.46. The quantitative estimate of drug-likeness (QED) is 0.568. The molecule has 0 saturated heterocycles. The summed E-state index contributed by atoms with van der Waals surface area (Å²) in [6, 6.07) is 20.4. The molecule has 23 heavy (non-hydrogen) atoms. The Kier molecular flexibility index (Phi) is 5.91. The molecule has 0 bridgehead atoms. The number of rotatable bonds is 6. The van der Waals surface area contributed by atoms with Gasteiger partial charge in [0.1, 0.15) is 0 Å². The van der Waals surface area contributed by atoms with Crippen LogP contribution < -0.4 is 0 Å². The normalized spacial score (nSPS) is 21.3. The smallest absolute Gasteiger partial charge is 0.0162 e. The summed E-state index contributed by atoms with van der Waals surface area (Å²) in [4.78, 5) is 0. The van der Waals surface area contributed by atoms with Gasteiger partial charge in [0.05, 0.1) is 0 Å². The van der Waals surface area contributed by atoms with Gasteiger partial charge < -0.3 is 0 Å². The summed E-state index contributed by atoms with van der Waals surface area (Å²) in [5.41, 5.74) is 4.57. The van der Waals surface area contributed by atoms with Gasteiger partial charge in [0.2, 0.25) is 0 Å². The molecule has 1 aliphatic rings. The van der Waals surface area contributed by atoms with E-state index >= 15 is 0 Å². The molecule has 2 aromatic rings. The van der Waals surface area contributed by atoms with Crippen molar-refractivity contribution in [3.8, 4) is 0 Å². The first-order chi connectivity index (χ1) is 11.3. The Hall–Kier alpha value is -1.56. The molecule has 0 heteroatoms. The van der Waals surface area contributed by atoms with E-state index in [1.54, 1.807) is 5.56 Å². The summed E-state index contributed by atoms with van der Waals surface area (Å²) in [7, 11) is 0. The third-order valence-corrected chi connectivity index (χ3v) is 5.52. The molecule has 122 valence electrons. The van der Waals surface area contributed by atoms with E-state index in [1.165, 1.54) is 62.5 Å². The van der Waals surface area contributed by atoms with E-state index in [2.05, 4.69) is 61.5 Å². The van der Waals surface area contributed by atoms with Crippen LogP contribution in [0.3, 0.4) is 0 Å². The predicted octanol–water partition coefficient (Wildman–Crippen LogP) is 6.55. The van der Waals surface area contributed by atoms with E-state index in [0.717, 1.165) is 11.8 Å². The van der Waals surface area contributed by atoms with Gasteiger partial charge in [-0.25, -0.2) is 0 Å². The van der Waals surface area contributed by atoms with Crippen LogP contribution in [0, 0.1) is 5.92 Å². The zero-order valence-corrected chi connectivity index (χ0v) is 14.5. The molecule has 0 spiro atoms. The van der Waals surface area contributed by atoms with Crippen LogP contribution >= 0.6 is 0 Å². The minimum Gasteiger partial charge on any atom is -0.0651 e. The van der Waals surface area contributed by atoms with Gasteiger partial charge >= 0.3 is 0 Å². The molecule has 0 unspecified atom stereocenters. The van der Waals surface area contributed by atoms with Crippen molar-refractivity contribution in [3.63, 3.8) is 0 Å². The summed E-state index contributed by atoms with van der Waals surface area (Å²) in [6.07, 6.45) is 10.7. The molecule has 2 aromatic carbocycles. The Morgan fingerprint density at radius 1 is 0.739 bits per heavy atom. The topological polar surface area (TPSA) is 0 Å². The minimum absolute atomic E-state index is 0.804. The van der Waals surface area contributed by atoms with Gasteiger partial charge in [-0.3, -0.25) is 0 Å². The molecule has 0 atom stereocenters. The molecular weight excluding hydrogens is 276 g/mol. The zero-order valence-electron chi connectivity index (χ0n) is 14.5. The minimum atomic E-state index is 0.804. The third kappa shape index (κ3) is 4.70. The second-order valence-corrected chi connectivity index (χ2v) is 7.23. The van der Waals surface area contributed by atoms with Gasteiger partial charge in [-0.15, -0.1) is 0 Å². The monoisotopic (exact) mass is 306 g/mol. The summed E-state index contributed by atoms with van der Waals surface area (Å²) < 4.78 is 0. The molecule has 0 aromatic heterocycles. The van der Waals surface area contributed by atoms with Gasteiger partial charge in [0, 0.05) is 0 Å². The van der Waals surface area contributed by atoms with E-state index < -0.39 is 0 Å². The van der Waals surface area contributed by atoms with Crippen molar-refractivity contribution in [2.24, 2.45) is 5.92 Å². The van der Waals surface area contributed by atoms with E-state index in [0.29, 0.717) is 0 Å². The highest BCUT2D eigenvalue weighted by atomic mass is 14.3. The van der Waals surface area contributed by atoms with Crippen LogP contribution in [0.15, 0.2) is 54.6 Å². The largest absolute Gasteiger partial charge is 0.0651 e. The maximum atomic E-state index is 2.39. The molecular formula is C23H30. The number of aryl methyl sites for hydroxylation is 2. The highest BCUT2D eigenvalue weighted by molar-refractivity contribution is 5.26. The van der Waals surface area contributed by atoms with E-state index in [9.17, 15) is 0 Å². The Morgan fingerprint density at radius 3 is 2.04 bits per heavy atom. The molecule has 0 amide bonds. The van der Waals surface area contributed by atoms with Gasteiger partial charge in [0.25, 0.3) is 0 Å². The molecule has 0 aliphatic heterocycles. The van der Waals surface area contributed by atoms with Gasteiger partial charge in [-0.05, 0) is 73.5 Å². The van der Waals surface area contributed by atoms with Crippen LogP contribution in [0.1, 0.15) is 68.1 Å². The standard InChI is InChI=1S/C23H30/c1-2-6-19-11-15-22(16-12-19)23-17-13-21(14-18-23)10-9-20-7-4-3-5-8-20/h3-5,7-8,11-12,15-16,21,23H,2,6,9-10,13-14,17-18H2,1H3. The maximum Gasteiger partial charge on any atom is -0.0162 e. The van der Waals surface area contributed by atoms with Crippen LogP contribution in [0.5, 0.6) is 0 Å². The molecule has 0 N–H and O–H groups in total. The van der Waals surface area contributed by atoms with Crippen molar-refractivity contribution in [2.75, 3.05) is 0 Å². The molecule has 1 saturated carbocycles. The molecule has 0 radical (unpaired) electrons. The first kappa shape index (κ1) is 16.3. The summed E-state index contributed by atoms with van der Waals surface area (Å²) in [5.74, 6) is 1.74. The van der Waals surface area contributed by atoms with Gasteiger partial charge in [-0.2, -0.15) is 0 Å². The Morgan fingerprint density at radius 2 is 1.39 bits per heavy atom. The summed E-state index contributed by atoms with van der Waals surface area (Å²) >= 11 is 0. The van der Waals surface area contributed by atoms with Crippen LogP contribution in [0.2, 0.25) is 0 Å². The predicted molar refractivity (Wildman–Crippen MR) is 99.9 cm³/mol. The molecule has 1 aliphatic carbocycles. The second-order valence-electron chi connectivity index (χ2n) is 7.23. The van der Waals surface area contributed by atoms with Crippen LogP contribution in [0.25, 0.3) is 0 Å². The van der Waals surface area contributed by atoms with Gasteiger partial charge in [-0.1, -0.05) is 67.9 Å². The Labute approximate surface area is 141 Å². The fourth-order valence-electron chi connectivity index (χ4n) is 4.05. The van der Waals surface area contributed by atoms with Crippen LogP contribution in [0.4, 0.5) is 0 Å². The third-order valence-electron chi connectivity index (χ3n) is 5.52. The molecule has 3 rings (SSSR count). The van der Waals surface area contributed by atoms with Crippen molar-refractivity contribution in [1.82, 2.24) is 0 Å². The fourth-order valence-corrected chi connectivity index (χ4v) is 4.05. The first-order valence-electron chi connectivity index (χ1n) is 9.48. The number of hydrogen-bond acceptors (Lipinski definition) is 0. The highest BCUT2D eigenvalue weighted by Crippen LogP contribution is 2.37. The average Bonchev–Trinajstić information content (AvgIpc) is 2.62. The molecule has 1 fully saturated rings. The number of benzene rings is 2. The SMILES string of the molecule is CCCc1ccc(C2CCC(CCc3ccccc3)CC2)cc1. The lowest BCUT2D eigenvalue weighted by atomic mass is 9.77. The maximum absolute atomic E-state index is 2.39. The second kappa shape index (κ2) is 8.34. The summed E-state index contributed by atoms with van der Waals surface area (Å²) in [5, 5.41) is 0. The van der Waals surface area contributed by atoms with Crippen LogP contribution in [-0.2, 0) is 12.8 Å². The van der Waals surface area contributed by atoms with E-state index in [4.69, 9.17) is 0 Å². The highest BCUT2D eigenvalue weighted by Gasteiger charge is 2.22. The van der Waals surface area contributed by atoms with Crippen molar-refractivity contribution in [1.29, 1.82) is 0 Å².